The highest BCUT2D eigenvalue weighted by Gasteiger charge is 2.31. The highest BCUT2D eigenvalue weighted by atomic mass is 19.4. The molecule has 0 bridgehead atoms. The Morgan fingerprint density at radius 1 is 1.00 bits per heavy atom. The Labute approximate surface area is 210 Å². The normalized spacial score (nSPS) is 15.2. The SMILES string of the molecule is CC(C)NCCNCCNC1CCN(c2cccc(-c3cc4cc(OC(F)(F)F)ccc4[nH]3)c2)CC1. The van der Waals surface area contributed by atoms with E-state index >= 15 is 0 Å². The Bertz CT molecular complexity index is 1110. The molecule has 1 aliphatic rings. The molecule has 196 valence electrons. The quantitative estimate of drug-likeness (QED) is 0.281. The minimum Gasteiger partial charge on any atom is -0.406 e. The average molecular weight is 504 g/mol. The summed E-state index contributed by atoms with van der Waals surface area (Å²) in [6.45, 7) is 10.2. The van der Waals surface area contributed by atoms with Crippen molar-refractivity contribution < 1.29 is 17.9 Å². The minimum atomic E-state index is -4.70. The first-order chi connectivity index (χ1) is 17.3. The molecule has 4 rings (SSSR count). The summed E-state index contributed by atoms with van der Waals surface area (Å²) in [6, 6.07) is 15.5. The van der Waals surface area contributed by atoms with E-state index in [0.29, 0.717) is 17.5 Å². The Balaban J connectivity index is 1.28. The van der Waals surface area contributed by atoms with Crippen molar-refractivity contribution in [3.63, 3.8) is 0 Å². The highest BCUT2D eigenvalue weighted by molar-refractivity contribution is 5.87. The summed E-state index contributed by atoms with van der Waals surface area (Å²) in [5, 5.41) is 11.2. The lowest BCUT2D eigenvalue weighted by atomic mass is 10.0. The number of nitrogens with zero attached hydrogens (tertiary/aromatic N) is 1. The fourth-order valence-corrected chi connectivity index (χ4v) is 4.61. The van der Waals surface area contributed by atoms with Gasteiger partial charge in [0.1, 0.15) is 5.75 Å². The van der Waals surface area contributed by atoms with E-state index in [-0.39, 0.29) is 5.75 Å². The molecule has 2 heterocycles. The number of alkyl halides is 3. The molecular weight excluding hydrogens is 467 g/mol. The summed E-state index contributed by atoms with van der Waals surface area (Å²) < 4.78 is 41.7. The van der Waals surface area contributed by atoms with E-state index in [2.05, 4.69) is 56.6 Å². The molecular formula is C27H36F3N5O. The summed E-state index contributed by atoms with van der Waals surface area (Å²) >= 11 is 0. The number of hydrogen-bond acceptors (Lipinski definition) is 5. The number of halogens is 3. The molecule has 36 heavy (non-hydrogen) atoms. The molecule has 4 N–H and O–H groups in total. The molecule has 0 aliphatic carbocycles. The van der Waals surface area contributed by atoms with Gasteiger partial charge in [0.05, 0.1) is 0 Å². The lowest BCUT2D eigenvalue weighted by molar-refractivity contribution is -0.274. The summed E-state index contributed by atoms with van der Waals surface area (Å²) in [7, 11) is 0. The summed E-state index contributed by atoms with van der Waals surface area (Å²) in [5.74, 6) is -0.218. The van der Waals surface area contributed by atoms with Gasteiger partial charge in [0.25, 0.3) is 0 Å². The van der Waals surface area contributed by atoms with Crippen molar-refractivity contribution in [2.24, 2.45) is 0 Å². The fourth-order valence-electron chi connectivity index (χ4n) is 4.61. The van der Waals surface area contributed by atoms with Gasteiger partial charge in [-0.05, 0) is 54.8 Å². The number of fused-ring (bicyclic) bond motifs is 1. The standard InChI is InChI=1S/C27H36F3N5O/c1-19(2)32-12-10-31-11-13-33-22-8-14-35(15-9-22)23-5-3-4-20(16-23)26-18-21-17-24(36-27(28,29)30)6-7-25(21)34-26/h3-7,16-19,22,31-34H,8-15H2,1-2H3. The molecule has 2 aromatic carbocycles. The number of H-pyrrole nitrogens is 1. The van der Waals surface area contributed by atoms with Crippen molar-refractivity contribution in [3.8, 4) is 17.0 Å². The van der Waals surface area contributed by atoms with E-state index in [0.717, 1.165) is 74.6 Å². The smallest absolute Gasteiger partial charge is 0.406 e. The van der Waals surface area contributed by atoms with Gasteiger partial charge in [-0.25, -0.2) is 0 Å². The molecule has 0 unspecified atom stereocenters. The third-order valence-corrected chi connectivity index (χ3v) is 6.43. The van der Waals surface area contributed by atoms with E-state index in [1.54, 1.807) is 6.07 Å². The molecule has 1 aromatic heterocycles. The predicted molar refractivity (Wildman–Crippen MR) is 140 cm³/mol. The Morgan fingerprint density at radius 3 is 2.53 bits per heavy atom. The molecule has 0 radical (unpaired) electrons. The molecule has 1 aliphatic heterocycles. The van der Waals surface area contributed by atoms with Crippen LogP contribution in [-0.4, -0.2) is 62.7 Å². The maximum absolute atomic E-state index is 12.6. The van der Waals surface area contributed by atoms with Crippen LogP contribution in [0.3, 0.4) is 0 Å². The van der Waals surface area contributed by atoms with Crippen LogP contribution in [0.4, 0.5) is 18.9 Å². The topological polar surface area (TPSA) is 64.3 Å². The van der Waals surface area contributed by atoms with Crippen molar-refractivity contribution >= 4 is 16.6 Å². The number of nitrogens with one attached hydrogen (secondary N) is 4. The van der Waals surface area contributed by atoms with Gasteiger partial charge in [0.2, 0.25) is 0 Å². The van der Waals surface area contributed by atoms with Crippen molar-refractivity contribution in [2.75, 3.05) is 44.2 Å². The molecule has 3 aromatic rings. The van der Waals surface area contributed by atoms with E-state index in [1.165, 1.54) is 12.1 Å². The van der Waals surface area contributed by atoms with Crippen LogP contribution in [0.25, 0.3) is 22.2 Å². The third kappa shape index (κ3) is 7.62. The number of anilines is 1. The Hall–Kier alpha value is -2.75. The monoisotopic (exact) mass is 503 g/mol. The summed E-state index contributed by atoms with van der Waals surface area (Å²) in [4.78, 5) is 5.71. The molecule has 0 spiro atoms. The van der Waals surface area contributed by atoms with Gasteiger partial charge in [-0.15, -0.1) is 13.2 Å². The number of aromatic nitrogens is 1. The average Bonchev–Trinajstić information content (AvgIpc) is 3.26. The van der Waals surface area contributed by atoms with Crippen LogP contribution < -0.4 is 25.6 Å². The number of hydrogen-bond donors (Lipinski definition) is 4. The first-order valence-corrected chi connectivity index (χ1v) is 12.7. The predicted octanol–water partition coefficient (Wildman–Crippen LogP) is 4.88. The largest absolute Gasteiger partial charge is 0.573 e. The van der Waals surface area contributed by atoms with E-state index in [4.69, 9.17) is 0 Å². The van der Waals surface area contributed by atoms with Crippen LogP contribution in [0.5, 0.6) is 5.75 Å². The van der Waals surface area contributed by atoms with Crippen LogP contribution in [0.1, 0.15) is 26.7 Å². The van der Waals surface area contributed by atoms with Crippen molar-refractivity contribution in [3.05, 3.63) is 48.5 Å². The number of benzene rings is 2. The van der Waals surface area contributed by atoms with Crippen molar-refractivity contribution in [2.45, 2.75) is 45.1 Å². The number of aromatic amines is 1. The van der Waals surface area contributed by atoms with Crippen LogP contribution in [0.2, 0.25) is 0 Å². The third-order valence-electron chi connectivity index (χ3n) is 6.43. The number of piperidine rings is 1. The minimum absolute atomic E-state index is 0.218. The lowest BCUT2D eigenvalue weighted by Gasteiger charge is -2.34. The van der Waals surface area contributed by atoms with Crippen molar-refractivity contribution in [1.82, 2.24) is 20.9 Å². The van der Waals surface area contributed by atoms with Gasteiger partial charge in [-0.3, -0.25) is 0 Å². The zero-order chi connectivity index (χ0) is 25.5. The summed E-state index contributed by atoms with van der Waals surface area (Å²) in [6.07, 6.45) is -2.52. The van der Waals surface area contributed by atoms with E-state index < -0.39 is 6.36 Å². The van der Waals surface area contributed by atoms with Crippen LogP contribution in [-0.2, 0) is 0 Å². The summed E-state index contributed by atoms with van der Waals surface area (Å²) in [5.41, 5.74) is 3.79. The van der Waals surface area contributed by atoms with Gasteiger partial charge in [0, 0.05) is 73.6 Å². The molecule has 0 amide bonds. The first-order valence-electron chi connectivity index (χ1n) is 12.7. The zero-order valence-electron chi connectivity index (χ0n) is 20.9. The van der Waals surface area contributed by atoms with E-state index in [9.17, 15) is 13.2 Å². The van der Waals surface area contributed by atoms with Gasteiger partial charge < -0.3 is 30.6 Å². The van der Waals surface area contributed by atoms with Crippen LogP contribution in [0.15, 0.2) is 48.5 Å². The second-order valence-corrected chi connectivity index (χ2v) is 9.60. The molecule has 0 saturated carbocycles. The van der Waals surface area contributed by atoms with E-state index in [1.807, 2.05) is 18.2 Å². The van der Waals surface area contributed by atoms with Gasteiger partial charge in [-0.2, -0.15) is 0 Å². The Kier molecular flexibility index (Phi) is 8.77. The van der Waals surface area contributed by atoms with Crippen LogP contribution >= 0.6 is 0 Å². The molecule has 0 atom stereocenters. The molecule has 9 heteroatoms. The number of ether oxygens (including phenoxy) is 1. The zero-order valence-corrected chi connectivity index (χ0v) is 20.9. The maximum Gasteiger partial charge on any atom is 0.573 e. The van der Waals surface area contributed by atoms with Gasteiger partial charge in [0.15, 0.2) is 0 Å². The van der Waals surface area contributed by atoms with Gasteiger partial charge in [-0.1, -0.05) is 26.0 Å². The Morgan fingerprint density at radius 2 is 1.78 bits per heavy atom. The molecule has 1 saturated heterocycles. The molecule has 6 nitrogen and oxygen atoms in total. The fraction of sp³-hybridized carbons (Fsp3) is 0.481. The lowest BCUT2D eigenvalue weighted by Crippen LogP contribution is -2.44. The highest BCUT2D eigenvalue weighted by Crippen LogP contribution is 2.31. The number of rotatable bonds is 11. The second kappa shape index (κ2) is 12.0. The maximum atomic E-state index is 12.6. The van der Waals surface area contributed by atoms with Crippen molar-refractivity contribution in [1.29, 1.82) is 0 Å². The van der Waals surface area contributed by atoms with Crippen LogP contribution in [0, 0.1) is 0 Å². The molecule has 1 fully saturated rings. The second-order valence-electron chi connectivity index (χ2n) is 9.60. The first kappa shape index (κ1) is 26.3. The van der Waals surface area contributed by atoms with Gasteiger partial charge >= 0.3 is 6.36 Å².